The summed E-state index contributed by atoms with van der Waals surface area (Å²) in [5.41, 5.74) is 2.94. The first-order valence-electron chi connectivity index (χ1n) is 8.59. The lowest BCUT2D eigenvalue weighted by Gasteiger charge is -2.54. The average molecular weight is 300 g/mol. The van der Waals surface area contributed by atoms with Gasteiger partial charge in [-0.25, -0.2) is 0 Å². The second-order valence-electron chi connectivity index (χ2n) is 8.51. The number of Topliss-reactive ketones (excluding diaryl/α,β-unsaturated/α-hetero) is 1. The summed E-state index contributed by atoms with van der Waals surface area (Å²) in [7, 11) is 0. The molecule has 0 aliphatic heterocycles. The lowest BCUT2D eigenvalue weighted by Crippen LogP contribution is -2.46. The van der Waals surface area contributed by atoms with Gasteiger partial charge in [0.15, 0.2) is 5.76 Å². The van der Waals surface area contributed by atoms with Crippen LogP contribution in [0.3, 0.4) is 0 Å². The van der Waals surface area contributed by atoms with Crippen LogP contribution in [0.5, 0.6) is 0 Å². The molecule has 2 atom stereocenters. The highest BCUT2D eigenvalue weighted by Gasteiger charge is 2.52. The van der Waals surface area contributed by atoms with Crippen molar-refractivity contribution in [3.8, 4) is 0 Å². The Morgan fingerprint density at radius 1 is 1.23 bits per heavy atom. The van der Waals surface area contributed by atoms with Gasteiger partial charge in [0.05, 0.1) is 0 Å². The van der Waals surface area contributed by atoms with Gasteiger partial charge in [-0.2, -0.15) is 0 Å². The maximum atomic E-state index is 12.6. The van der Waals surface area contributed by atoms with Crippen molar-refractivity contribution in [2.24, 2.45) is 22.7 Å². The largest absolute Gasteiger partial charge is 0.504 e. The summed E-state index contributed by atoms with van der Waals surface area (Å²) in [6, 6.07) is 0. The van der Waals surface area contributed by atoms with Crippen LogP contribution < -0.4 is 0 Å². The normalized spacial score (nSPS) is 34.1. The number of aliphatic hydroxyl groups excluding tert-OH is 1. The molecule has 0 amide bonds. The zero-order valence-electron chi connectivity index (χ0n) is 14.5. The van der Waals surface area contributed by atoms with Gasteiger partial charge in [0.25, 0.3) is 0 Å². The molecule has 0 unspecified atom stereocenters. The minimum Gasteiger partial charge on any atom is -0.504 e. The number of allylic oxidation sites excluding steroid dienone is 5. The van der Waals surface area contributed by atoms with Crippen LogP contribution in [0.2, 0.25) is 0 Å². The van der Waals surface area contributed by atoms with Gasteiger partial charge in [-0.1, -0.05) is 47.1 Å². The standard InChI is InChI=1S/C20H28O2/c1-12(2)14-11-13-7-8-15-19(3,4)9-6-10-20(15,5)16(13)18(22)17(14)21/h7,11-12,15,22H,6,8-10H2,1-5H3/t15-,20+/m1/s1. The summed E-state index contributed by atoms with van der Waals surface area (Å²) < 4.78 is 0. The zero-order chi connectivity index (χ0) is 16.3. The Hall–Kier alpha value is -1.31. The van der Waals surface area contributed by atoms with E-state index in [1.54, 1.807) is 0 Å². The molecule has 3 aliphatic rings. The van der Waals surface area contributed by atoms with Gasteiger partial charge in [-0.15, -0.1) is 0 Å². The summed E-state index contributed by atoms with van der Waals surface area (Å²) in [6.45, 7) is 11.0. The molecule has 0 aromatic heterocycles. The molecule has 2 heteroatoms. The molecule has 0 bridgehead atoms. The van der Waals surface area contributed by atoms with Crippen molar-refractivity contribution in [1.29, 1.82) is 0 Å². The molecule has 0 radical (unpaired) electrons. The molecule has 1 N–H and O–H groups in total. The van der Waals surface area contributed by atoms with Crippen LogP contribution in [0.15, 0.2) is 34.6 Å². The van der Waals surface area contributed by atoms with Crippen molar-refractivity contribution >= 4 is 5.78 Å². The number of ketones is 1. The first-order chi connectivity index (χ1) is 10.2. The Bertz CT molecular complexity index is 616. The Balaban J connectivity index is 2.16. The fourth-order valence-corrected chi connectivity index (χ4v) is 5.13. The van der Waals surface area contributed by atoms with E-state index < -0.39 is 0 Å². The van der Waals surface area contributed by atoms with Crippen LogP contribution in [0.4, 0.5) is 0 Å². The molecule has 0 saturated heterocycles. The van der Waals surface area contributed by atoms with E-state index in [4.69, 9.17) is 0 Å². The molecule has 0 heterocycles. The van der Waals surface area contributed by atoms with Crippen molar-refractivity contribution in [1.82, 2.24) is 0 Å². The molecular weight excluding hydrogens is 272 g/mol. The second-order valence-corrected chi connectivity index (χ2v) is 8.51. The highest BCUT2D eigenvalue weighted by atomic mass is 16.3. The van der Waals surface area contributed by atoms with Gasteiger partial charge >= 0.3 is 0 Å². The predicted molar refractivity (Wildman–Crippen MR) is 89.5 cm³/mol. The molecule has 120 valence electrons. The molecular formula is C20H28O2. The summed E-state index contributed by atoms with van der Waals surface area (Å²) in [5.74, 6) is 0.497. The third kappa shape index (κ3) is 2.03. The Morgan fingerprint density at radius 3 is 2.55 bits per heavy atom. The molecule has 2 nitrogen and oxygen atoms in total. The van der Waals surface area contributed by atoms with Crippen molar-refractivity contribution < 1.29 is 9.90 Å². The predicted octanol–water partition coefficient (Wildman–Crippen LogP) is 5.13. The molecule has 0 aromatic rings. The number of carbonyl (C=O) groups is 1. The van der Waals surface area contributed by atoms with Crippen LogP contribution in [0.1, 0.15) is 60.3 Å². The summed E-state index contributed by atoms with van der Waals surface area (Å²) in [5, 5.41) is 10.7. The van der Waals surface area contributed by atoms with E-state index in [0.29, 0.717) is 5.92 Å². The van der Waals surface area contributed by atoms with Crippen LogP contribution in [0.25, 0.3) is 0 Å². The van der Waals surface area contributed by atoms with E-state index in [0.717, 1.165) is 29.6 Å². The third-order valence-electron chi connectivity index (χ3n) is 6.31. The van der Waals surface area contributed by atoms with E-state index in [1.165, 1.54) is 12.8 Å². The van der Waals surface area contributed by atoms with Crippen LogP contribution in [-0.4, -0.2) is 10.9 Å². The highest BCUT2D eigenvalue weighted by Crippen LogP contribution is 2.60. The van der Waals surface area contributed by atoms with Crippen LogP contribution in [0, 0.1) is 22.7 Å². The molecule has 3 rings (SSSR count). The fraction of sp³-hybridized carbons (Fsp3) is 0.650. The number of rotatable bonds is 1. The van der Waals surface area contributed by atoms with Gasteiger partial charge in [-0.3, -0.25) is 4.79 Å². The number of carbonyl (C=O) groups excluding carboxylic acids is 1. The first-order valence-corrected chi connectivity index (χ1v) is 8.59. The van der Waals surface area contributed by atoms with Gasteiger partial charge in [0, 0.05) is 16.6 Å². The third-order valence-corrected chi connectivity index (χ3v) is 6.31. The molecule has 1 fully saturated rings. The number of hydrogen-bond donors (Lipinski definition) is 1. The molecule has 22 heavy (non-hydrogen) atoms. The van der Waals surface area contributed by atoms with Crippen LogP contribution in [-0.2, 0) is 4.79 Å². The monoisotopic (exact) mass is 300 g/mol. The maximum Gasteiger partial charge on any atom is 0.223 e. The van der Waals surface area contributed by atoms with Gasteiger partial charge in [-0.05, 0) is 48.2 Å². The topological polar surface area (TPSA) is 37.3 Å². The van der Waals surface area contributed by atoms with E-state index in [9.17, 15) is 9.90 Å². The van der Waals surface area contributed by atoms with E-state index >= 15 is 0 Å². The van der Waals surface area contributed by atoms with Gasteiger partial charge in [0.1, 0.15) is 0 Å². The number of fused-ring (bicyclic) bond motifs is 3. The Kier molecular flexibility index (Phi) is 3.43. The van der Waals surface area contributed by atoms with Crippen molar-refractivity contribution in [2.75, 3.05) is 0 Å². The highest BCUT2D eigenvalue weighted by molar-refractivity contribution is 6.10. The SMILES string of the molecule is CC(C)C1=CC2=CC[C@@H]3C(C)(C)CCC[C@]3(C)C2=C(O)C1=O. The lowest BCUT2D eigenvalue weighted by molar-refractivity contribution is -0.115. The molecule has 0 spiro atoms. The van der Waals surface area contributed by atoms with E-state index in [2.05, 4.69) is 26.8 Å². The smallest absolute Gasteiger partial charge is 0.223 e. The zero-order valence-corrected chi connectivity index (χ0v) is 14.5. The average Bonchev–Trinajstić information content (AvgIpc) is 2.40. The fourth-order valence-electron chi connectivity index (χ4n) is 5.13. The first kappa shape index (κ1) is 15.6. The van der Waals surface area contributed by atoms with Crippen molar-refractivity contribution in [3.63, 3.8) is 0 Å². The Morgan fingerprint density at radius 2 is 1.91 bits per heavy atom. The van der Waals surface area contributed by atoms with Gasteiger partial charge < -0.3 is 5.11 Å². The minimum absolute atomic E-state index is 0.0161. The van der Waals surface area contributed by atoms with E-state index in [1.807, 2.05) is 19.9 Å². The summed E-state index contributed by atoms with van der Waals surface area (Å²) >= 11 is 0. The maximum absolute atomic E-state index is 12.6. The minimum atomic E-state index is -0.160. The van der Waals surface area contributed by atoms with Gasteiger partial charge in [0.2, 0.25) is 5.78 Å². The second kappa shape index (κ2) is 4.84. The van der Waals surface area contributed by atoms with E-state index in [-0.39, 0.29) is 28.3 Å². The molecule has 3 aliphatic carbocycles. The molecule has 1 saturated carbocycles. The Labute approximate surface area is 134 Å². The van der Waals surface area contributed by atoms with Crippen LogP contribution >= 0.6 is 0 Å². The number of hydrogen-bond acceptors (Lipinski definition) is 2. The quantitative estimate of drug-likeness (QED) is 0.729. The summed E-state index contributed by atoms with van der Waals surface area (Å²) in [4.78, 5) is 12.6. The summed E-state index contributed by atoms with van der Waals surface area (Å²) in [6.07, 6.45) is 8.79. The lowest BCUT2D eigenvalue weighted by atomic mass is 9.49. The van der Waals surface area contributed by atoms with Crippen molar-refractivity contribution in [3.05, 3.63) is 34.6 Å². The van der Waals surface area contributed by atoms with Crippen molar-refractivity contribution in [2.45, 2.75) is 60.3 Å². The number of aliphatic hydroxyl groups is 1. The molecule has 0 aromatic carbocycles.